The molecule has 0 unspecified atom stereocenters. The Morgan fingerprint density at radius 2 is 1.19 bits per heavy atom. The van der Waals surface area contributed by atoms with Crippen LogP contribution in [-0.4, -0.2) is 51.5 Å². The average Bonchev–Trinajstić information content (AvgIpc) is 3.57. The van der Waals surface area contributed by atoms with Gasteiger partial charge >= 0.3 is 0 Å². The van der Waals surface area contributed by atoms with E-state index in [0.29, 0.717) is 42.9 Å². The van der Waals surface area contributed by atoms with Crippen molar-refractivity contribution in [3.63, 3.8) is 0 Å². The molecule has 0 radical (unpaired) electrons. The molecule has 4 aromatic heterocycles. The summed E-state index contributed by atoms with van der Waals surface area (Å²) in [4.78, 5) is 24.8. The normalized spacial score (nSPS) is 22.6. The maximum atomic E-state index is 12.4. The first-order valence-corrected chi connectivity index (χ1v) is 14.1. The first-order valence-electron chi connectivity index (χ1n) is 12.5. The number of rotatable bonds is 10. The highest BCUT2D eigenvalue weighted by molar-refractivity contribution is 7.11. The first-order chi connectivity index (χ1) is 17.8. The zero-order valence-corrected chi connectivity index (χ0v) is 22.5. The number of carbonyl (C=O) groups excluding carboxylic acids is 2. The van der Waals surface area contributed by atoms with Gasteiger partial charge in [0.2, 0.25) is 0 Å². The van der Waals surface area contributed by atoms with Crippen LogP contribution in [0.25, 0.3) is 0 Å². The number of hydrogen-bond acceptors (Lipinski definition) is 10. The van der Waals surface area contributed by atoms with E-state index in [2.05, 4.69) is 30.6 Å². The number of nitrogens with zero attached hydrogens (tertiary/aromatic N) is 8. The van der Waals surface area contributed by atoms with Gasteiger partial charge in [-0.2, -0.15) is 10.2 Å². The lowest BCUT2D eigenvalue weighted by Crippen LogP contribution is -2.45. The van der Waals surface area contributed by atoms with E-state index in [1.165, 1.54) is 0 Å². The molecular weight excluding hydrogens is 508 g/mol. The second-order valence-electron chi connectivity index (χ2n) is 10.5. The van der Waals surface area contributed by atoms with Crippen molar-refractivity contribution in [3.8, 4) is 0 Å². The number of carbonyl (C=O) groups is 2. The fourth-order valence-corrected chi connectivity index (χ4v) is 7.58. The highest BCUT2D eigenvalue weighted by atomic mass is 32.1. The lowest BCUT2D eigenvalue weighted by atomic mass is 9.48. The molecule has 2 saturated carbocycles. The minimum absolute atomic E-state index is 0.114. The van der Waals surface area contributed by atoms with E-state index >= 15 is 0 Å². The molecule has 2 aliphatic carbocycles. The van der Waals surface area contributed by atoms with Gasteiger partial charge in [0.15, 0.2) is 0 Å². The molecule has 0 saturated heterocycles. The SMILES string of the molecule is Cn1ccc(CC(=O)Cc2nnc(C3CC4(C3)CC(c3nnc(CC(=O)Cc5ccn(C)n5)s3)C4)s2)n1. The molecular formula is C25H28N8O2S2. The average molecular weight is 537 g/mol. The third kappa shape index (κ3) is 5.30. The first kappa shape index (κ1) is 24.2. The van der Waals surface area contributed by atoms with Crippen LogP contribution < -0.4 is 0 Å². The molecule has 0 N–H and O–H groups in total. The van der Waals surface area contributed by atoms with Crippen LogP contribution >= 0.6 is 22.7 Å². The predicted octanol–water partition coefficient (Wildman–Crippen LogP) is 3.01. The summed E-state index contributed by atoms with van der Waals surface area (Å²) >= 11 is 3.16. The summed E-state index contributed by atoms with van der Waals surface area (Å²) in [6.07, 6.45) is 9.46. The fourth-order valence-electron chi connectivity index (χ4n) is 5.64. The van der Waals surface area contributed by atoms with Gasteiger partial charge in [0.05, 0.1) is 37.1 Å². The third-order valence-electron chi connectivity index (χ3n) is 7.37. The fraction of sp³-hybridized carbons (Fsp3) is 0.520. The van der Waals surface area contributed by atoms with Crippen LogP contribution in [-0.2, 0) is 49.4 Å². The Labute approximate surface area is 222 Å². The molecule has 0 bridgehead atoms. The summed E-state index contributed by atoms with van der Waals surface area (Å²) in [5.41, 5.74) is 1.95. The standard InChI is InChI=1S/C25H28N8O2S2/c1-32-5-3-17(30-32)7-19(34)9-21-26-28-23(36-21)15-11-25(12-15)13-16(14-25)24-29-27-22(37-24)10-20(35)8-18-4-6-33(2)31-18/h3-6,15-16H,7-14H2,1-2H3. The molecule has 2 fully saturated rings. The monoisotopic (exact) mass is 536 g/mol. The largest absolute Gasteiger partial charge is 0.299 e. The highest BCUT2D eigenvalue weighted by Gasteiger charge is 2.55. The molecule has 4 aromatic rings. The Kier molecular flexibility index (Phi) is 6.31. The van der Waals surface area contributed by atoms with Gasteiger partial charge in [-0.3, -0.25) is 19.0 Å². The van der Waals surface area contributed by atoms with Crippen LogP contribution in [0, 0.1) is 5.41 Å². The third-order valence-corrected chi connectivity index (χ3v) is 9.54. The van der Waals surface area contributed by atoms with Crippen molar-refractivity contribution in [2.45, 2.75) is 63.2 Å². The van der Waals surface area contributed by atoms with E-state index < -0.39 is 0 Å². The van der Waals surface area contributed by atoms with E-state index in [0.717, 1.165) is 57.1 Å². The van der Waals surface area contributed by atoms with Crippen LogP contribution in [0.3, 0.4) is 0 Å². The minimum Gasteiger partial charge on any atom is -0.299 e. The summed E-state index contributed by atoms with van der Waals surface area (Å²) in [6.45, 7) is 0. The molecule has 0 aliphatic heterocycles. The maximum Gasteiger partial charge on any atom is 0.145 e. The van der Waals surface area contributed by atoms with E-state index in [1.54, 1.807) is 32.0 Å². The zero-order valence-electron chi connectivity index (χ0n) is 20.8. The molecule has 10 nitrogen and oxygen atoms in total. The van der Waals surface area contributed by atoms with E-state index in [-0.39, 0.29) is 11.6 Å². The van der Waals surface area contributed by atoms with E-state index in [9.17, 15) is 9.59 Å². The van der Waals surface area contributed by atoms with Crippen LogP contribution in [0.2, 0.25) is 0 Å². The van der Waals surface area contributed by atoms with Crippen molar-refractivity contribution in [2.24, 2.45) is 19.5 Å². The lowest BCUT2D eigenvalue weighted by Gasteiger charge is -2.56. The van der Waals surface area contributed by atoms with Crippen molar-refractivity contribution in [2.75, 3.05) is 0 Å². The predicted molar refractivity (Wildman–Crippen MR) is 137 cm³/mol. The van der Waals surface area contributed by atoms with E-state index in [4.69, 9.17) is 0 Å². The maximum absolute atomic E-state index is 12.4. The van der Waals surface area contributed by atoms with Gasteiger partial charge in [-0.05, 0) is 43.2 Å². The molecule has 12 heteroatoms. The molecule has 0 amide bonds. The van der Waals surface area contributed by atoms with Gasteiger partial charge in [0, 0.05) is 38.3 Å². The molecule has 6 rings (SSSR count). The number of hydrogen-bond donors (Lipinski definition) is 0. The van der Waals surface area contributed by atoms with Crippen LogP contribution in [0.4, 0.5) is 0 Å². The number of ketones is 2. The minimum atomic E-state index is 0.114. The zero-order chi connectivity index (χ0) is 25.6. The molecule has 1 spiro atoms. The summed E-state index contributed by atoms with van der Waals surface area (Å²) in [5.74, 6) is 1.10. The van der Waals surface area contributed by atoms with Crippen molar-refractivity contribution in [3.05, 3.63) is 55.9 Å². The van der Waals surface area contributed by atoms with Crippen molar-refractivity contribution in [1.29, 1.82) is 0 Å². The Bertz CT molecular complexity index is 1330. The Hall–Kier alpha value is -3.12. The van der Waals surface area contributed by atoms with Gasteiger partial charge in [-0.25, -0.2) is 0 Å². The molecule has 4 heterocycles. The van der Waals surface area contributed by atoms with Gasteiger partial charge in [-0.15, -0.1) is 43.1 Å². The van der Waals surface area contributed by atoms with E-state index in [1.807, 2.05) is 38.6 Å². The molecule has 2 aliphatic rings. The number of aromatic nitrogens is 8. The van der Waals surface area contributed by atoms with Gasteiger partial charge in [-0.1, -0.05) is 0 Å². The number of Topliss-reactive ketones (excluding diaryl/α,β-unsaturated/α-hetero) is 2. The van der Waals surface area contributed by atoms with Crippen molar-refractivity contribution < 1.29 is 9.59 Å². The summed E-state index contributed by atoms with van der Waals surface area (Å²) < 4.78 is 3.41. The lowest BCUT2D eigenvalue weighted by molar-refractivity contribution is -0.118. The van der Waals surface area contributed by atoms with Crippen LogP contribution in [0.15, 0.2) is 24.5 Å². The Balaban J connectivity index is 0.955. The highest BCUT2D eigenvalue weighted by Crippen LogP contribution is 2.66. The second-order valence-corrected chi connectivity index (χ2v) is 12.7. The molecule has 0 aromatic carbocycles. The summed E-state index contributed by atoms with van der Waals surface area (Å²) in [5, 5.41) is 29.6. The number of aryl methyl sites for hydroxylation is 2. The molecule has 192 valence electrons. The molecule has 37 heavy (non-hydrogen) atoms. The second kappa shape index (κ2) is 9.64. The van der Waals surface area contributed by atoms with Gasteiger partial charge in [0.25, 0.3) is 0 Å². The molecule has 0 atom stereocenters. The summed E-state index contributed by atoms with van der Waals surface area (Å²) in [6, 6.07) is 3.74. The smallest absolute Gasteiger partial charge is 0.145 e. The van der Waals surface area contributed by atoms with Crippen molar-refractivity contribution in [1.82, 2.24) is 40.0 Å². The van der Waals surface area contributed by atoms with Crippen LogP contribution in [0.5, 0.6) is 0 Å². The van der Waals surface area contributed by atoms with Crippen molar-refractivity contribution >= 4 is 34.2 Å². The topological polar surface area (TPSA) is 121 Å². The Morgan fingerprint density at radius 3 is 1.57 bits per heavy atom. The Morgan fingerprint density at radius 1 is 0.757 bits per heavy atom. The van der Waals surface area contributed by atoms with Gasteiger partial charge < -0.3 is 0 Å². The summed E-state index contributed by atoms with van der Waals surface area (Å²) in [7, 11) is 3.70. The van der Waals surface area contributed by atoms with Gasteiger partial charge in [0.1, 0.15) is 31.6 Å². The quantitative estimate of drug-likeness (QED) is 0.303. The van der Waals surface area contributed by atoms with Crippen LogP contribution in [0.1, 0.15) is 68.9 Å².